The summed E-state index contributed by atoms with van der Waals surface area (Å²) < 4.78 is 5.46. The Bertz CT molecular complexity index is 250. The molecule has 0 radical (unpaired) electrons. The highest BCUT2D eigenvalue weighted by molar-refractivity contribution is 5.06. The molecule has 94 valence electrons. The van der Waals surface area contributed by atoms with E-state index in [0.29, 0.717) is 5.41 Å². The Kier molecular flexibility index (Phi) is 3.30. The molecule has 0 amide bonds. The highest BCUT2D eigenvalue weighted by atomic mass is 16.5. The summed E-state index contributed by atoms with van der Waals surface area (Å²) >= 11 is 0. The van der Waals surface area contributed by atoms with Gasteiger partial charge in [0, 0.05) is 20.2 Å². The molecule has 2 fully saturated rings. The van der Waals surface area contributed by atoms with Gasteiger partial charge in [-0.3, -0.25) is 4.90 Å². The van der Waals surface area contributed by atoms with Crippen molar-refractivity contribution >= 4 is 0 Å². The van der Waals surface area contributed by atoms with Crippen molar-refractivity contribution in [3.8, 4) is 0 Å². The largest absolute Gasteiger partial charge is 0.383 e. The molecule has 16 heavy (non-hydrogen) atoms. The van der Waals surface area contributed by atoms with Gasteiger partial charge >= 0.3 is 0 Å². The van der Waals surface area contributed by atoms with Crippen LogP contribution in [0.25, 0.3) is 0 Å². The van der Waals surface area contributed by atoms with Gasteiger partial charge in [0.25, 0.3) is 0 Å². The molecule has 1 unspecified atom stereocenters. The summed E-state index contributed by atoms with van der Waals surface area (Å²) in [5.74, 6) is 0.770. The maximum absolute atomic E-state index is 6.08. The summed E-state index contributed by atoms with van der Waals surface area (Å²) in [5, 5.41) is 0. The zero-order chi connectivity index (χ0) is 11.8. The van der Waals surface area contributed by atoms with Gasteiger partial charge in [0.2, 0.25) is 0 Å². The lowest BCUT2D eigenvalue weighted by molar-refractivity contribution is 0.00837. The number of ether oxygens (including phenoxy) is 1. The molecule has 3 heteroatoms. The standard InChI is InChI=1S/C13H26N2O/c1-12(2)6-7-15(9-12)13(8-14,10-16-3)11-4-5-11/h11H,4-10,14H2,1-3H3. The van der Waals surface area contributed by atoms with Gasteiger partial charge in [-0.05, 0) is 37.1 Å². The lowest BCUT2D eigenvalue weighted by atomic mass is 9.90. The van der Waals surface area contributed by atoms with Crippen LogP contribution in [0.3, 0.4) is 0 Å². The van der Waals surface area contributed by atoms with Gasteiger partial charge in [0.1, 0.15) is 0 Å². The normalized spacial score (nSPS) is 29.2. The first-order valence-corrected chi connectivity index (χ1v) is 6.48. The summed E-state index contributed by atoms with van der Waals surface area (Å²) in [5.41, 5.74) is 6.66. The number of methoxy groups -OCH3 is 1. The quantitative estimate of drug-likeness (QED) is 0.771. The minimum atomic E-state index is 0.128. The Balaban J connectivity index is 2.12. The van der Waals surface area contributed by atoms with E-state index in [4.69, 9.17) is 10.5 Å². The minimum absolute atomic E-state index is 0.128. The second-order valence-corrected chi connectivity index (χ2v) is 6.35. The number of hydrogen-bond acceptors (Lipinski definition) is 3. The molecule has 1 saturated heterocycles. The van der Waals surface area contributed by atoms with Gasteiger partial charge in [-0.25, -0.2) is 0 Å². The lowest BCUT2D eigenvalue weighted by Crippen LogP contribution is -2.58. The predicted octanol–water partition coefficient (Wildman–Crippen LogP) is 1.47. The summed E-state index contributed by atoms with van der Waals surface area (Å²) in [7, 11) is 1.80. The molecule has 2 N–H and O–H groups in total. The number of nitrogens with two attached hydrogens (primary N) is 1. The Morgan fingerprint density at radius 3 is 2.50 bits per heavy atom. The van der Waals surface area contributed by atoms with Gasteiger partial charge < -0.3 is 10.5 Å². The van der Waals surface area contributed by atoms with Gasteiger partial charge in [-0.1, -0.05) is 13.8 Å². The topological polar surface area (TPSA) is 38.5 Å². The fourth-order valence-corrected chi connectivity index (χ4v) is 3.19. The first kappa shape index (κ1) is 12.3. The van der Waals surface area contributed by atoms with E-state index in [1.165, 1.54) is 32.4 Å². The van der Waals surface area contributed by atoms with E-state index in [-0.39, 0.29) is 5.54 Å². The predicted molar refractivity (Wildman–Crippen MR) is 66.4 cm³/mol. The molecule has 0 aromatic carbocycles. The molecular formula is C13H26N2O. The van der Waals surface area contributed by atoms with Crippen LogP contribution >= 0.6 is 0 Å². The molecule has 0 bridgehead atoms. The van der Waals surface area contributed by atoms with Crippen LogP contribution in [0.15, 0.2) is 0 Å². The van der Waals surface area contributed by atoms with Crippen LogP contribution in [0, 0.1) is 11.3 Å². The van der Waals surface area contributed by atoms with Crippen molar-refractivity contribution in [1.29, 1.82) is 0 Å². The van der Waals surface area contributed by atoms with Crippen molar-refractivity contribution in [3.05, 3.63) is 0 Å². The molecule has 1 saturated carbocycles. The average Bonchev–Trinajstić information content (AvgIpc) is 3.00. The van der Waals surface area contributed by atoms with E-state index in [2.05, 4.69) is 18.7 Å². The Morgan fingerprint density at radius 1 is 1.44 bits per heavy atom. The lowest BCUT2D eigenvalue weighted by Gasteiger charge is -2.42. The number of likely N-dealkylation sites (tertiary alicyclic amines) is 1. The van der Waals surface area contributed by atoms with Gasteiger partial charge in [0.05, 0.1) is 12.1 Å². The van der Waals surface area contributed by atoms with Crippen LogP contribution in [0.4, 0.5) is 0 Å². The summed E-state index contributed by atoms with van der Waals surface area (Å²) in [6.45, 7) is 8.60. The second kappa shape index (κ2) is 4.28. The molecule has 3 nitrogen and oxygen atoms in total. The first-order valence-electron chi connectivity index (χ1n) is 6.48. The number of nitrogens with zero attached hydrogens (tertiary/aromatic N) is 1. The van der Waals surface area contributed by atoms with E-state index in [1.54, 1.807) is 7.11 Å². The SMILES string of the molecule is COCC(CN)(C1CC1)N1CCC(C)(C)C1. The molecule has 0 aromatic heterocycles. The maximum atomic E-state index is 6.08. The van der Waals surface area contributed by atoms with Crippen LogP contribution in [0.2, 0.25) is 0 Å². The van der Waals surface area contributed by atoms with Crippen molar-refractivity contribution in [1.82, 2.24) is 4.90 Å². The molecule has 1 heterocycles. The van der Waals surface area contributed by atoms with E-state index in [0.717, 1.165) is 19.1 Å². The third-order valence-corrected chi connectivity index (χ3v) is 4.39. The smallest absolute Gasteiger partial charge is 0.0661 e. The summed E-state index contributed by atoms with van der Waals surface area (Å²) in [6, 6.07) is 0. The van der Waals surface area contributed by atoms with Crippen molar-refractivity contribution < 1.29 is 4.74 Å². The summed E-state index contributed by atoms with van der Waals surface area (Å²) in [4.78, 5) is 2.61. The van der Waals surface area contributed by atoms with Crippen molar-refractivity contribution in [2.45, 2.75) is 38.6 Å². The fraction of sp³-hybridized carbons (Fsp3) is 1.00. The van der Waals surface area contributed by atoms with E-state index >= 15 is 0 Å². The highest BCUT2D eigenvalue weighted by Crippen LogP contribution is 2.46. The number of hydrogen-bond donors (Lipinski definition) is 1. The Morgan fingerprint density at radius 2 is 2.12 bits per heavy atom. The van der Waals surface area contributed by atoms with Crippen LogP contribution in [0.1, 0.15) is 33.1 Å². The molecule has 0 spiro atoms. The van der Waals surface area contributed by atoms with Crippen LogP contribution in [0.5, 0.6) is 0 Å². The average molecular weight is 226 g/mol. The van der Waals surface area contributed by atoms with Gasteiger partial charge in [-0.2, -0.15) is 0 Å². The number of rotatable bonds is 5. The van der Waals surface area contributed by atoms with Crippen molar-refractivity contribution in [2.24, 2.45) is 17.1 Å². The fourth-order valence-electron chi connectivity index (χ4n) is 3.19. The van der Waals surface area contributed by atoms with Crippen molar-refractivity contribution in [2.75, 3.05) is 33.4 Å². The summed E-state index contributed by atoms with van der Waals surface area (Å²) in [6.07, 6.45) is 3.94. The Hall–Kier alpha value is -0.120. The van der Waals surface area contributed by atoms with Gasteiger partial charge in [-0.15, -0.1) is 0 Å². The molecule has 2 rings (SSSR count). The monoisotopic (exact) mass is 226 g/mol. The third-order valence-electron chi connectivity index (χ3n) is 4.39. The van der Waals surface area contributed by atoms with Crippen LogP contribution in [-0.2, 0) is 4.74 Å². The minimum Gasteiger partial charge on any atom is -0.383 e. The maximum Gasteiger partial charge on any atom is 0.0661 e. The molecule has 1 atom stereocenters. The van der Waals surface area contributed by atoms with Crippen LogP contribution < -0.4 is 5.73 Å². The van der Waals surface area contributed by atoms with E-state index in [1.807, 2.05) is 0 Å². The molecular weight excluding hydrogens is 200 g/mol. The molecule has 0 aromatic rings. The van der Waals surface area contributed by atoms with Crippen LogP contribution in [-0.4, -0.2) is 43.8 Å². The molecule has 1 aliphatic carbocycles. The first-order chi connectivity index (χ1) is 7.54. The molecule has 2 aliphatic rings. The third kappa shape index (κ3) is 2.13. The van der Waals surface area contributed by atoms with Gasteiger partial charge in [0.15, 0.2) is 0 Å². The second-order valence-electron chi connectivity index (χ2n) is 6.35. The Labute approximate surface area is 99.3 Å². The molecule has 1 aliphatic heterocycles. The zero-order valence-corrected chi connectivity index (χ0v) is 11.0. The van der Waals surface area contributed by atoms with Crippen molar-refractivity contribution in [3.63, 3.8) is 0 Å². The highest BCUT2D eigenvalue weighted by Gasteiger charge is 2.51. The van der Waals surface area contributed by atoms with E-state index in [9.17, 15) is 0 Å². The van der Waals surface area contributed by atoms with E-state index < -0.39 is 0 Å². The zero-order valence-electron chi connectivity index (χ0n) is 11.0.